The Morgan fingerprint density at radius 1 is 0.792 bits per heavy atom. The van der Waals surface area contributed by atoms with E-state index in [9.17, 15) is 4.79 Å². The molecule has 1 heterocycles. The number of carbonyl (C=O) groups excluding carboxylic acids is 1. The Morgan fingerprint density at radius 3 is 1.92 bits per heavy atom. The van der Waals surface area contributed by atoms with E-state index >= 15 is 0 Å². The summed E-state index contributed by atoms with van der Waals surface area (Å²) >= 11 is 0. The van der Waals surface area contributed by atoms with E-state index in [0.717, 1.165) is 51.6 Å². The van der Waals surface area contributed by atoms with Crippen LogP contribution in [-0.4, -0.2) is 23.9 Å². The number of hydrogen-bond acceptors (Lipinski definition) is 1. The Morgan fingerprint density at radius 2 is 1.33 bits per heavy atom. The molecule has 2 heteroatoms. The van der Waals surface area contributed by atoms with E-state index in [-0.39, 0.29) is 0 Å². The molecule has 0 radical (unpaired) electrons. The van der Waals surface area contributed by atoms with Gasteiger partial charge < -0.3 is 4.90 Å². The lowest BCUT2D eigenvalue weighted by atomic mass is 10.1. The molecule has 0 spiro atoms. The summed E-state index contributed by atoms with van der Waals surface area (Å²) in [4.78, 5) is 13.9. The van der Waals surface area contributed by atoms with Crippen LogP contribution in [0.15, 0.2) is 36.5 Å². The third-order valence-corrected chi connectivity index (χ3v) is 4.49. The number of rotatable bonds is 13. The molecule has 0 aromatic heterocycles. The van der Waals surface area contributed by atoms with Gasteiger partial charge in [0.2, 0.25) is 5.91 Å². The minimum Gasteiger partial charge on any atom is -0.343 e. The van der Waals surface area contributed by atoms with Gasteiger partial charge >= 0.3 is 0 Å². The highest BCUT2D eigenvalue weighted by molar-refractivity contribution is 5.76. The van der Waals surface area contributed by atoms with Crippen LogP contribution < -0.4 is 0 Å². The van der Waals surface area contributed by atoms with Crippen LogP contribution >= 0.6 is 0 Å². The van der Waals surface area contributed by atoms with E-state index in [1.54, 1.807) is 0 Å². The van der Waals surface area contributed by atoms with Gasteiger partial charge in [-0.15, -0.1) is 0 Å². The lowest BCUT2D eigenvalue weighted by Crippen LogP contribution is -2.27. The Hall–Kier alpha value is -1.31. The first kappa shape index (κ1) is 20.7. The average Bonchev–Trinajstić information content (AvgIpc) is 3.13. The molecular weight excluding hydrogens is 294 g/mol. The van der Waals surface area contributed by atoms with Gasteiger partial charge in [-0.1, -0.05) is 56.2 Å². The molecule has 2 nitrogen and oxygen atoms in total. The van der Waals surface area contributed by atoms with Crippen molar-refractivity contribution in [3.63, 3.8) is 0 Å². The minimum absolute atomic E-state index is 0.363. The second-order valence-corrected chi connectivity index (χ2v) is 6.72. The monoisotopic (exact) mass is 331 g/mol. The number of allylic oxidation sites excluding steroid dienone is 6. The van der Waals surface area contributed by atoms with Gasteiger partial charge in [0.1, 0.15) is 0 Å². The molecule has 1 saturated heterocycles. The molecule has 1 aliphatic heterocycles. The van der Waals surface area contributed by atoms with Crippen LogP contribution in [0.25, 0.3) is 0 Å². The molecule has 1 aliphatic rings. The maximum Gasteiger partial charge on any atom is 0.222 e. The number of carbonyl (C=O) groups is 1. The summed E-state index contributed by atoms with van der Waals surface area (Å²) in [5.41, 5.74) is 0. The average molecular weight is 332 g/mol. The van der Waals surface area contributed by atoms with Crippen molar-refractivity contribution in [3.8, 4) is 0 Å². The molecular formula is C22H37NO. The van der Waals surface area contributed by atoms with Gasteiger partial charge in [0.05, 0.1) is 0 Å². The SMILES string of the molecule is CCCCC/C=C/C/C=C/C/C=C/CCCCC(=O)N1CCCC1. The zero-order chi connectivity index (χ0) is 17.3. The fourth-order valence-electron chi connectivity index (χ4n) is 2.95. The number of unbranched alkanes of at least 4 members (excludes halogenated alkanes) is 5. The van der Waals surface area contributed by atoms with E-state index < -0.39 is 0 Å². The summed E-state index contributed by atoms with van der Waals surface area (Å²) in [5, 5.41) is 0. The molecule has 0 aliphatic carbocycles. The molecule has 1 amide bonds. The summed E-state index contributed by atoms with van der Waals surface area (Å²) in [5.74, 6) is 0.363. The van der Waals surface area contributed by atoms with E-state index in [2.05, 4.69) is 43.4 Å². The van der Waals surface area contributed by atoms with Crippen LogP contribution in [0.1, 0.15) is 84.0 Å². The topological polar surface area (TPSA) is 20.3 Å². The van der Waals surface area contributed by atoms with Gasteiger partial charge in [0.25, 0.3) is 0 Å². The Bertz CT molecular complexity index is 389. The van der Waals surface area contributed by atoms with Crippen LogP contribution in [0, 0.1) is 0 Å². The third-order valence-electron chi connectivity index (χ3n) is 4.49. The maximum atomic E-state index is 11.9. The van der Waals surface area contributed by atoms with Gasteiger partial charge in [0, 0.05) is 19.5 Å². The summed E-state index contributed by atoms with van der Waals surface area (Å²) in [6, 6.07) is 0. The van der Waals surface area contributed by atoms with E-state index in [1.807, 2.05) is 4.90 Å². The smallest absolute Gasteiger partial charge is 0.222 e. The number of nitrogens with zero attached hydrogens (tertiary/aromatic N) is 1. The van der Waals surface area contributed by atoms with Gasteiger partial charge in [-0.25, -0.2) is 0 Å². The molecule has 136 valence electrons. The first-order valence-electron chi connectivity index (χ1n) is 10.1. The van der Waals surface area contributed by atoms with Crippen LogP contribution in [0.3, 0.4) is 0 Å². The van der Waals surface area contributed by atoms with Crippen LogP contribution in [-0.2, 0) is 4.79 Å². The van der Waals surface area contributed by atoms with Crippen molar-refractivity contribution in [1.82, 2.24) is 4.90 Å². The number of amides is 1. The maximum absolute atomic E-state index is 11.9. The predicted molar refractivity (Wildman–Crippen MR) is 105 cm³/mol. The Labute approximate surface area is 149 Å². The second kappa shape index (κ2) is 15.2. The molecule has 0 aromatic rings. The van der Waals surface area contributed by atoms with Crippen LogP contribution in [0.2, 0.25) is 0 Å². The standard InChI is InChI=1S/C22H37NO/c1-2-3-4-5-6-7-8-9-10-11-12-13-14-15-16-19-22(24)23-20-17-18-21-23/h6-7,9-10,12-13H,2-5,8,11,14-21H2,1H3/b7-6+,10-9+,13-12+. The van der Waals surface area contributed by atoms with Crippen molar-refractivity contribution in [2.24, 2.45) is 0 Å². The zero-order valence-corrected chi connectivity index (χ0v) is 15.7. The normalized spacial score (nSPS) is 15.5. The largest absolute Gasteiger partial charge is 0.343 e. The van der Waals surface area contributed by atoms with Crippen LogP contribution in [0.4, 0.5) is 0 Å². The quantitative estimate of drug-likeness (QED) is 0.291. The van der Waals surface area contributed by atoms with Gasteiger partial charge in [-0.05, 0) is 57.8 Å². The molecule has 0 N–H and O–H groups in total. The van der Waals surface area contributed by atoms with E-state index in [1.165, 1.54) is 38.5 Å². The van der Waals surface area contributed by atoms with Crippen molar-refractivity contribution < 1.29 is 4.79 Å². The molecule has 0 aromatic carbocycles. The third kappa shape index (κ3) is 11.3. The fourth-order valence-corrected chi connectivity index (χ4v) is 2.95. The van der Waals surface area contributed by atoms with Crippen molar-refractivity contribution in [3.05, 3.63) is 36.5 Å². The van der Waals surface area contributed by atoms with Crippen molar-refractivity contribution >= 4 is 5.91 Å². The van der Waals surface area contributed by atoms with Crippen molar-refractivity contribution in [1.29, 1.82) is 0 Å². The fraction of sp³-hybridized carbons (Fsp3) is 0.682. The molecule has 0 unspecified atom stereocenters. The molecule has 1 fully saturated rings. The molecule has 0 saturated carbocycles. The highest BCUT2D eigenvalue weighted by atomic mass is 16.2. The number of likely N-dealkylation sites (tertiary alicyclic amines) is 1. The molecule has 0 atom stereocenters. The van der Waals surface area contributed by atoms with Crippen molar-refractivity contribution in [2.45, 2.75) is 84.0 Å². The van der Waals surface area contributed by atoms with E-state index in [0.29, 0.717) is 5.91 Å². The lowest BCUT2D eigenvalue weighted by molar-refractivity contribution is -0.130. The highest BCUT2D eigenvalue weighted by Crippen LogP contribution is 2.11. The summed E-state index contributed by atoms with van der Waals surface area (Å²) in [6.07, 6.45) is 27.2. The second-order valence-electron chi connectivity index (χ2n) is 6.72. The Kier molecular flexibility index (Phi) is 13.2. The van der Waals surface area contributed by atoms with E-state index in [4.69, 9.17) is 0 Å². The summed E-state index contributed by atoms with van der Waals surface area (Å²) in [6.45, 7) is 4.21. The van der Waals surface area contributed by atoms with Crippen molar-refractivity contribution in [2.75, 3.05) is 13.1 Å². The van der Waals surface area contributed by atoms with Gasteiger partial charge in [-0.3, -0.25) is 4.79 Å². The van der Waals surface area contributed by atoms with Gasteiger partial charge in [0.15, 0.2) is 0 Å². The van der Waals surface area contributed by atoms with Crippen LogP contribution in [0.5, 0.6) is 0 Å². The first-order chi connectivity index (χ1) is 11.8. The molecule has 1 rings (SSSR count). The van der Waals surface area contributed by atoms with Gasteiger partial charge in [-0.2, -0.15) is 0 Å². The lowest BCUT2D eigenvalue weighted by Gasteiger charge is -2.14. The summed E-state index contributed by atoms with van der Waals surface area (Å²) < 4.78 is 0. The molecule has 24 heavy (non-hydrogen) atoms. The summed E-state index contributed by atoms with van der Waals surface area (Å²) in [7, 11) is 0. The minimum atomic E-state index is 0.363. The Balaban J connectivity index is 1.88. The zero-order valence-electron chi connectivity index (χ0n) is 15.7. The number of hydrogen-bond donors (Lipinski definition) is 0. The predicted octanol–water partition coefficient (Wildman–Crippen LogP) is 6.20. The molecule has 0 bridgehead atoms. The highest BCUT2D eigenvalue weighted by Gasteiger charge is 2.16. The first-order valence-corrected chi connectivity index (χ1v) is 10.1.